The van der Waals surface area contributed by atoms with Gasteiger partial charge in [-0.05, 0) is 24.3 Å². The van der Waals surface area contributed by atoms with Crippen LogP contribution in [-0.4, -0.2) is 27.7 Å². The van der Waals surface area contributed by atoms with Crippen molar-refractivity contribution in [2.45, 2.75) is 9.92 Å². The summed E-state index contributed by atoms with van der Waals surface area (Å²) < 4.78 is 15.5. The first-order valence-electron chi connectivity index (χ1n) is 6.95. The van der Waals surface area contributed by atoms with Gasteiger partial charge in [-0.25, -0.2) is 14.1 Å². The van der Waals surface area contributed by atoms with Gasteiger partial charge in [0.2, 0.25) is 0 Å². The molecule has 2 heterocycles. The van der Waals surface area contributed by atoms with Crippen molar-refractivity contribution in [3.63, 3.8) is 0 Å². The first kappa shape index (κ1) is 16.5. The van der Waals surface area contributed by atoms with Crippen LogP contribution < -0.4 is 5.32 Å². The van der Waals surface area contributed by atoms with Crippen LogP contribution in [0.1, 0.15) is 10.5 Å². The predicted molar refractivity (Wildman–Crippen MR) is 90.3 cm³/mol. The maximum atomic E-state index is 14.1. The standard InChI is InChI=1S/C16H12ClFN4OS/c1-19-16(23)12-8-15(24-10-6-7-14(17)20-9-10)22(21-12)13-5-3-2-4-11(13)18/h2-9H,1H3,(H,19,23). The Morgan fingerprint density at radius 2 is 2.08 bits per heavy atom. The van der Waals surface area contributed by atoms with Gasteiger partial charge in [0.15, 0.2) is 5.69 Å². The highest BCUT2D eigenvalue weighted by Gasteiger charge is 2.17. The number of amides is 1. The van der Waals surface area contributed by atoms with E-state index in [1.165, 1.54) is 29.6 Å². The molecule has 3 rings (SSSR count). The van der Waals surface area contributed by atoms with E-state index >= 15 is 0 Å². The molecule has 0 aliphatic rings. The molecular formula is C16H12ClFN4OS. The quantitative estimate of drug-likeness (QED) is 0.721. The molecule has 122 valence electrons. The lowest BCUT2D eigenvalue weighted by Crippen LogP contribution is -2.18. The molecule has 0 saturated heterocycles. The molecule has 0 bridgehead atoms. The van der Waals surface area contributed by atoms with Crippen LogP contribution in [0.2, 0.25) is 5.15 Å². The number of hydrogen-bond donors (Lipinski definition) is 1. The molecule has 0 unspecified atom stereocenters. The number of nitrogens with one attached hydrogen (secondary N) is 1. The zero-order valence-corrected chi connectivity index (χ0v) is 14.1. The number of rotatable bonds is 4. The molecule has 0 atom stereocenters. The van der Waals surface area contributed by atoms with E-state index in [0.717, 1.165) is 4.90 Å². The lowest BCUT2D eigenvalue weighted by molar-refractivity contribution is 0.0957. The van der Waals surface area contributed by atoms with Gasteiger partial charge < -0.3 is 5.32 Å². The summed E-state index contributed by atoms with van der Waals surface area (Å²) in [6, 6.07) is 11.3. The Balaban J connectivity index is 2.06. The lowest BCUT2D eigenvalue weighted by atomic mass is 10.3. The summed E-state index contributed by atoms with van der Waals surface area (Å²) in [5.41, 5.74) is 0.460. The SMILES string of the molecule is CNC(=O)c1cc(Sc2ccc(Cl)nc2)n(-c2ccccc2F)n1. The van der Waals surface area contributed by atoms with E-state index < -0.39 is 5.82 Å². The zero-order valence-electron chi connectivity index (χ0n) is 12.5. The highest BCUT2D eigenvalue weighted by atomic mass is 35.5. The number of nitrogens with zero attached hydrogens (tertiary/aromatic N) is 3. The lowest BCUT2D eigenvalue weighted by Gasteiger charge is -2.07. The molecule has 1 N–H and O–H groups in total. The Labute approximate surface area is 146 Å². The maximum Gasteiger partial charge on any atom is 0.271 e. The van der Waals surface area contributed by atoms with Crippen LogP contribution >= 0.6 is 23.4 Å². The zero-order chi connectivity index (χ0) is 17.1. The van der Waals surface area contributed by atoms with Crippen LogP contribution in [0.5, 0.6) is 0 Å². The predicted octanol–water partition coefficient (Wildman–Crippen LogP) is 3.57. The van der Waals surface area contributed by atoms with E-state index in [4.69, 9.17) is 11.6 Å². The number of aromatic nitrogens is 3. The third kappa shape index (κ3) is 3.42. The third-order valence-electron chi connectivity index (χ3n) is 3.14. The summed E-state index contributed by atoms with van der Waals surface area (Å²) in [6.45, 7) is 0. The fraction of sp³-hybridized carbons (Fsp3) is 0.0625. The molecular weight excluding hydrogens is 351 g/mol. The van der Waals surface area contributed by atoms with Crippen molar-refractivity contribution >= 4 is 29.3 Å². The topological polar surface area (TPSA) is 59.8 Å². The number of carbonyl (C=O) groups is 1. The van der Waals surface area contributed by atoms with Gasteiger partial charge in [-0.2, -0.15) is 5.10 Å². The Morgan fingerprint density at radius 1 is 1.29 bits per heavy atom. The maximum absolute atomic E-state index is 14.1. The molecule has 2 aromatic heterocycles. The molecule has 3 aromatic rings. The third-order valence-corrected chi connectivity index (χ3v) is 4.34. The average molecular weight is 363 g/mol. The van der Waals surface area contributed by atoms with Gasteiger partial charge in [0, 0.05) is 24.2 Å². The molecule has 0 aliphatic heterocycles. The van der Waals surface area contributed by atoms with Crippen molar-refractivity contribution in [2.75, 3.05) is 7.05 Å². The molecule has 5 nitrogen and oxygen atoms in total. The minimum absolute atomic E-state index is 0.199. The highest BCUT2D eigenvalue weighted by molar-refractivity contribution is 7.99. The minimum Gasteiger partial charge on any atom is -0.354 e. The molecule has 0 fully saturated rings. The van der Waals surface area contributed by atoms with E-state index in [0.29, 0.717) is 10.2 Å². The van der Waals surface area contributed by atoms with Gasteiger partial charge in [-0.3, -0.25) is 4.79 Å². The van der Waals surface area contributed by atoms with Crippen molar-refractivity contribution in [1.29, 1.82) is 0 Å². The molecule has 0 saturated carbocycles. The van der Waals surface area contributed by atoms with E-state index in [2.05, 4.69) is 15.4 Å². The number of carbonyl (C=O) groups excluding carboxylic acids is 1. The average Bonchev–Trinajstić information content (AvgIpc) is 3.00. The van der Waals surface area contributed by atoms with Crippen LogP contribution in [0.3, 0.4) is 0 Å². The van der Waals surface area contributed by atoms with Crippen molar-refractivity contribution in [3.05, 3.63) is 65.3 Å². The van der Waals surface area contributed by atoms with Crippen LogP contribution in [-0.2, 0) is 0 Å². The second kappa shape index (κ2) is 7.02. The second-order valence-corrected chi connectivity index (χ2v) is 6.21. The number of halogens is 2. The Bertz CT molecular complexity index is 882. The molecule has 0 radical (unpaired) electrons. The number of para-hydroxylation sites is 1. The van der Waals surface area contributed by atoms with Crippen molar-refractivity contribution in [1.82, 2.24) is 20.1 Å². The highest BCUT2D eigenvalue weighted by Crippen LogP contribution is 2.31. The fourth-order valence-electron chi connectivity index (χ4n) is 2.02. The number of pyridine rings is 1. The molecule has 24 heavy (non-hydrogen) atoms. The molecule has 0 spiro atoms. The first-order valence-corrected chi connectivity index (χ1v) is 8.14. The van der Waals surface area contributed by atoms with Gasteiger partial charge in [-0.15, -0.1) is 0 Å². The van der Waals surface area contributed by atoms with Gasteiger partial charge in [0.25, 0.3) is 5.91 Å². The number of benzene rings is 1. The van der Waals surface area contributed by atoms with Crippen molar-refractivity contribution in [3.8, 4) is 5.69 Å². The largest absolute Gasteiger partial charge is 0.354 e. The fourth-order valence-corrected chi connectivity index (χ4v) is 3.01. The summed E-state index contributed by atoms with van der Waals surface area (Å²) in [5.74, 6) is -0.777. The molecule has 8 heteroatoms. The van der Waals surface area contributed by atoms with Crippen LogP contribution in [0.15, 0.2) is 58.6 Å². The second-order valence-electron chi connectivity index (χ2n) is 4.73. The van der Waals surface area contributed by atoms with Gasteiger partial charge in [0.05, 0.1) is 0 Å². The normalized spacial score (nSPS) is 10.6. The summed E-state index contributed by atoms with van der Waals surface area (Å²) >= 11 is 7.09. The van der Waals surface area contributed by atoms with Crippen molar-refractivity contribution < 1.29 is 9.18 Å². The number of hydrogen-bond acceptors (Lipinski definition) is 4. The van der Waals surface area contributed by atoms with Gasteiger partial charge in [-0.1, -0.05) is 35.5 Å². The van der Waals surface area contributed by atoms with Gasteiger partial charge in [0.1, 0.15) is 21.7 Å². The minimum atomic E-state index is -0.430. The smallest absolute Gasteiger partial charge is 0.271 e. The van der Waals surface area contributed by atoms with E-state index in [9.17, 15) is 9.18 Å². The Kier molecular flexibility index (Phi) is 4.82. The van der Waals surface area contributed by atoms with E-state index in [-0.39, 0.29) is 17.3 Å². The van der Waals surface area contributed by atoms with E-state index in [1.807, 2.05) is 0 Å². The van der Waals surface area contributed by atoms with Crippen LogP contribution in [0.25, 0.3) is 5.69 Å². The van der Waals surface area contributed by atoms with Gasteiger partial charge >= 0.3 is 0 Å². The summed E-state index contributed by atoms with van der Waals surface area (Å²) in [7, 11) is 1.51. The summed E-state index contributed by atoms with van der Waals surface area (Å²) in [5, 5.41) is 7.70. The van der Waals surface area contributed by atoms with Crippen LogP contribution in [0, 0.1) is 5.82 Å². The van der Waals surface area contributed by atoms with Crippen molar-refractivity contribution in [2.24, 2.45) is 0 Å². The summed E-state index contributed by atoms with van der Waals surface area (Å²) in [4.78, 5) is 16.7. The molecule has 1 aromatic carbocycles. The summed E-state index contributed by atoms with van der Waals surface area (Å²) in [6.07, 6.45) is 1.60. The van der Waals surface area contributed by atoms with Crippen LogP contribution in [0.4, 0.5) is 4.39 Å². The van der Waals surface area contributed by atoms with E-state index in [1.54, 1.807) is 42.6 Å². The Morgan fingerprint density at radius 3 is 2.75 bits per heavy atom. The monoisotopic (exact) mass is 362 g/mol. The molecule has 1 amide bonds. The first-order chi connectivity index (χ1) is 11.6. The Hall–Kier alpha value is -2.38. The molecule has 0 aliphatic carbocycles.